The molecule has 8 atom stereocenters. The van der Waals surface area contributed by atoms with Crippen LogP contribution in [0.4, 0.5) is 0 Å². The van der Waals surface area contributed by atoms with Crippen molar-refractivity contribution in [1.29, 1.82) is 0 Å². The van der Waals surface area contributed by atoms with Gasteiger partial charge in [-0.05, 0) is 93.3 Å². The average molecular weight is 536 g/mol. The van der Waals surface area contributed by atoms with E-state index < -0.39 is 11.7 Å². The highest BCUT2D eigenvalue weighted by Gasteiger charge is 2.67. The Morgan fingerprint density at radius 1 is 1.05 bits per heavy atom. The molecule has 0 unspecified atom stereocenters. The molecule has 212 valence electrons. The van der Waals surface area contributed by atoms with Crippen molar-refractivity contribution >= 4 is 17.5 Å². The summed E-state index contributed by atoms with van der Waals surface area (Å²) >= 11 is 0. The summed E-state index contributed by atoms with van der Waals surface area (Å²) in [6.07, 6.45) is 8.65. The normalized spacial score (nSPS) is 36.5. The number of carbonyl (C=O) groups is 3. The van der Waals surface area contributed by atoms with Crippen LogP contribution in [-0.4, -0.2) is 34.3 Å². The van der Waals surface area contributed by atoms with Gasteiger partial charge in [0.2, 0.25) is 0 Å². The van der Waals surface area contributed by atoms with Crippen molar-refractivity contribution in [2.24, 2.45) is 34.3 Å². The molecule has 0 aromatic heterocycles. The minimum absolute atomic E-state index is 0.0160. The van der Waals surface area contributed by atoms with Gasteiger partial charge in [-0.15, -0.1) is 0 Å². The molecule has 1 aromatic rings. The number of esters is 1. The van der Waals surface area contributed by atoms with Gasteiger partial charge in [-0.25, -0.2) is 0 Å². The summed E-state index contributed by atoms with van der Waals surface area (Å²) in [5.41, 5.74) is 7.55. The van der Waals surface area contributed by atoms with Crippen molar-refractivity contribution in [3.05, 3.63) is 59.2 Å². The van der Waals surface area contributed by atoms with Gasteiger partial charge in [0.05, 0.1) is 6.10 Å². The second-order valence-corrected chi connectivity index (χ2v) is 12.8. The largest absolute Gasteiger partial charge is 0.451 e. The van der Waals surface area contributed by atoms with Gasteiger partial charge in [-0.3, -0.25) is 14.4 Å². The summed E-state index contributed by atoms with van der Waals surface area (Å²) in [6.45, 7) is 11.4. The van der Waals surface area contributed by atoms with E-state index in [1.807, 2.05) is 36.4 Å². The molecule has 2 fully saturated rings. The van der Waals surface area contributed by atoms with E-state index in [-0.39, 0.29) is 34.4 Å². The van der Waals surface area contributed by atoms with Crippen LogP contribution < -0.4 is 5.73 Å². The third-order valence-corrected chi connectivity index (χ3v) is 10.5. The first kappa shape index (κ1) is 29.4. The van der Waals surface area contributed by atoms with Gasteiger partial charge in [-0.2, -0.15) is 0 Å². The number of aliphatic hydroxyl groups is 1. The first-order valence-corrected chi connectivity index (χ1v) is 14.4. The maximum Gasteiger partial charge on any atom is 0.303 e. The van der Waals surface area contributed by atoms with Crippen LogP contribution in [0.1, 0.15) is 91.7 Å². The molecule has 0 saturated heterocycles. The molecule has 39 heavy (non-hydrogen) atoms. The SMILES string of the molecule is CC(=O)O[C@]1(C(C)=O)CC[C@H]2[C@@H]3C=C(C)C4=CC(=O)CC[C@]4(C)[C@H]3CC[C@@]21C.C[C@@H](N)[C@@H](O)c1ccccc1. The fraction of sp³-hybridized carbons (Fsp3) is 0.606. The van der Waals surface area contributed by atoms with Crippen molar-refractivity contribution in [1.82, 2.24) is 0 Å². The Hall–Kier alpha value is -2.57. The maximum atomic E-state index is 12.8. The summed E-state index contributed by atoms with van der Waals surface area (Å²) in [7, 11) is 0. The molecule has 1 aromatic carbocycles. The number of hydrogen-bond acceptors (Lipinski definition) is 6. The van der Waals surface area contributed by atoms with E-state index in [9.17, 15) is 19.5 Å². The Morgan fingerprint density at radius 3 is 2.28 bits per heavy atom. The van der Waals surface area contributed by atoms with Crippen LogP contribution in [0.5, 0.6) is 0 Å². The molecular formula is C33H45NO5. The maximum absolute atomic E-state index is 12.8. The lowest BCUT2D eigenvalue weighted by Gasteiger charge is -2.58. The van der Waals surface area contributed by atoms with E-state index >= 15 is 0 Å². The van der Waals surface area contributed by atoms with E-state index in [2.05, 4.69) is 26.8 Å². The second kappa shape index (κ2) is 10.8. The van der Waals surface area contributed by atoms with Crippen molar-refractivity contribution in [2.75, 3.05) is 0 Å². The number of benzene rings is 1. The van der Waals surface area contributed by atoms with Gasteiger partial charge in [0.15, 0.2) is 17.2 Å². The lowest BCUT2D eigenvalue weighted by atomic mass is 9.47. The molecule has 0 aliphatic heterocycles. The molecule has 0 bridgehead atoms. The predicted molar refractivity (Wildman–Crippen MR) is 151 cm³/mol. The minimum Gasteiger partial charge on any atom is -0.451 e. The molecule has 0 heterocycles. The molecule has 5 rings (SSSR count). The third kappa shape index (κ3) is 4.95. The number of ketones is 2. The van der Waals surface area contributed by atoms with E-state index in [1.165, 1.54) is 18.1 Å². The number of aliphatic hydroxyl groups excluding tert-OH is 1. The van der Waals surface area contributed by atoms with Crippen LogP contribution in [0, 0.1) is 28.6 Å². The number of ether oxygens (including phenoxy) is 1. The summed E-state index contributed by atoms with van der Waals surface area (Å²) in [5, 5.41) is 9.47. The first-order chi connectivity index (χ1) is 18.3. The van der Waals surface area contributed by atoms with Crippen molar-refractivity contribution in [3.63, 3.8) is 0 Å². The zero-order valence-electron chi connectivity index (χ0n) is 24.3. The topological polar surface area (TPSA) is 107 Å². The van der Waals surface area contributed by atoms with Gasteiger partial charge in [-0.1, -0.05) is 55.8 Å². The zero-order chi connectivity index (χ0) is 28.8. The van der Waals surface area contributed by atoms with E-state index in [0.717, 1.165) is 31.2 Å². The van der Waals surface area contributed by atoms with Gasteiger partial charge >= 0.3 is 5.97 Å². The average Bonchev–Trinajstić information content (AvgIpc) is 3.18. The van der Waals surface area contributed by atoms with Crippen molar-refractivity contribution in [2.45, 2.75) is 97.8 Å². The van der Waals surface area contributed by atoms with E-state index in [1.54, 1.807) is 13.8 Å². The number of Topliss-reactive ketones (excluding diaryl/α,β-unsaturated/α-hetero) is 1. The number of hydrogen-bond donors (Lipinski definition) is 2. The summed E-state index contributed by atoms with van der Waals surface area (Å²) in [6, 6.07) is 9.22. The van der Waals surface area contributed by atoms with Crippen LogP contribution in [0.15, 0.2) is 53.6 Å². The quantitative estimate of drug-likeness (QED) is 0.483. The number of carbonyl (C=O) groups excluding carboxylic acids is 3. The van der Waals surface area contributed by atoms with Crippen LogP contribution in [0.25, 0.3) is 0 Å². The molecule has 6 nitrogen and oxygen atoms in total. The molecule has 3 N–H and O–H groups in total. The zero-order valence-corrected chi connectivity index (χ0v) is 24.3. The molecule has 4 aliphatic rings. The van der Waals surface area contributed by atoms with Crippen LogP contribution in [0.3, 0.4) is 0 Å². The highest BCUT2D eigenvalue weighted by molar-refractivity contribution is 5.92. The lowest BCUT2D eigenvalue weighted by molar-refractivity contribution is -0.185. The van der Waals surface area contributed by atoms with Crippen LogP contribution >= 0.6 is 0 Å². The van der Waals surface area contributed by atoms with Gasteiger partial charge in [0, 0.05) is 24.8 Å². The molecular weight excluding hydrogens is 490 g/mol. The van der Waals surface area contributed by atoms with E-state index in [0.29, 0.717) is 30.6 Å². The van der Waals surface area contributed by atoms with Crippen LogP contribution in [-0.2, 0) is 19.1 Å². The number of allylic oxidation sites excluding steroid dienone is 4. The Balaban J connectivity index is 0.000000270. The third-order valence-electron chi connectivity index (χ3n) is 10.5. The second-order valence-electron chi connectivity index (χ2n) is 12.8. The summed E-state index contributed by atoms with van der Waals surface area (Å²) in [4.78, 5) is 36.8. The number of nitrogens with two attached hydrogens (primary N) is 1. The highest BCUT2D eigenvalue weighted by Crippen LogP contribution is 2.67. The fourth-order valence-electron chi connectivity index (χ4n) is 8.43. The van der Waals surface area contributed by atoms with Gasteiger partial charge < -0.3 is 15.6 Å². The fourth-order valence-corrected chi connectivity index (χ4v) is 8.43. The smallest absolute Gasteiger partial charge is 0.303 e. The Morgan fingerprint density at radius 2 is 1.69 bits per heavy atom. The molecule has 0 amide bonds. The van der Waals surface area contributed by atoms with Crippen LogP contribution in [0.2, 0.25) is 0 Å². The number of fused-ring (bicyclic) bond motifs is 5. The molecule has 0 radical (unpaired) electrons. The van der Waals surface area contributed by atoms with Crippen molar-refractivity contribution < 1.29 is 24.2 Å². The van der Waals surface area contributed by atoms with Gasteiger partial charge in [0.25, 0.3) is 0 Å². The summed E-state index contributed by atoms with van der Waals surface area (Å²) < 4.78 is 5.82. The molecule has 6 heteroatoms. The van der Waals surface area contributed by atoms with E-state index in [4.69, 9.17) is 10.5 Å². The van der Waals surface area contributed by atoms with Gasteiger partial charge in [0.1, 0.15) is 0 Å². The number of rotatable bonds is 4. The minimum atomic E-state index is -0.990. The Bertz CT molecular complexity index is 1190. The molecule has 0 spiro atoms. The highest BCUT2D eigenvalue weighted by atomic mass is 16.6. The molecule has 2 saturated carbocycles. The predicted octanol–water partition coefficient (Wildman–Crippen LogP) is 5.64. The van der Waals surface area contributed by atoms with Crippen molar-refractivity contribution in [3.8, 4) is 0 Å². The Labute approximate surface area is 233 Å². The first-order valence-electron chi connectivity index (χ1n) is 14.4. The Kier molecular flexibility index (Phi) is 8.13. The summed E-state index contributed by atoms with van der Waals surface area (Å²) in [5.74, 6) is 1.03. The molecule has 4 aliphatic carbocycles. The standard InChI is InChI=1S/C24H32O4.C9H13NO/c1-14-12-18-19(22(4)9-6-17(27)13-21(14)22)7-10-23(5)20(18)8-11-24(23,15(2)25)28-16(3)26;1-7(10)9(11)8-5-3-2-4-6-8/h12-13,18-20H,6-11H2,1-5H3;2-7,9,11H,10H2,1H3/t18-,19+,20+,22-,23+,24+;7-,9-/m11/s1. The lowest BCUT2D eigenvalue weighted by Crippen LogP contribution is -2.58. The monoisotopic (exact) mass is 535 g/mol.